The number of hydrogen-bond acceptors (Lipinski definition) is 7. The van der Waals surface area contributed by atoms with Crippen molar-refractivity contribution >= 4 is 45.5 Å². The zero-order chi connectivity index (χ0) is 18.4. The number of thiazole rings is 1. The fourth-order valence-corrected chi connectivity index (χ4v) is 4.51. The highest BCUT2D eigenvalue weighted by molar-refractivity contribution is 7.97. The topological polar surface area (TPSA) is 60.5 Å². The minimum Gasteiger partial charge on any atom is -0.497 e. The predicted octanol–water partition coefficient (Wildman–Crippen LogP) is 4.91. The average molecular weight is 407 g/mol. The lowest BCUT2D eigenvalue weighted by molar-refractivity contribution is 0.103. The van der Waals surface area contributed by atoms with E-state index < -0.39 is 0 Å². The van der Waals surface area contributed by atoms with Crippen molar-refractivity contribution in [1.29, 1.82) is 0 Å². The van der Waals surface area contributed by atoms with E-state index in [4.69, 9.17) is 9.47 Å². The van der Waals surface area contributed by atoms with E-state index in [9.17, 15) is 4.79 Å². The quantitative estimate of drug-likeness (QED) is 0.576. The van der Waals surface area contributed by atoms with Crippen LogP contribution in [0, 0.1) is 0 Å². The minimum absolute atomic E-state index is 0.114. The van der Waals surface area contributed by atoms with E-state index in [1.807, 2.05) is 35.0 Å². The summed E-state index contributed by atoms with van der Waals surface area (Å²) in [6.45, 7) is 0. The maximum absolute atomic E-state index is 12.0. The van der Waals surface area contributed by atoms with Crippen molar-refractivity contribution in [3.05, 3.63) is 57.2 Å². The van der Waals surface area contributed by atoms with Gasteiger partial charge in [0.2, 0.25) is 0 Å². The number of amides is 1. The first kappa shape index (κ1) is 18.8. The number of thioether (sulfide) groups is 1. The lowest BCUT2D eigenvalue weighted by atomic mass is 10.2. The molecule has 26 heavy (non-hydrogen) atoms. The Morgan fingerprint density at radius 3 is 2.58 bits per heavy atom. The number of nitrogens with zero attached hydrogens (tertiary/aromatic N) is 1. The van der Waals surface area contributed by atoms with Crippen molar-refractivity contribution in [1.82, 2.24) is 4.98 Å². The number of methoxy groups -OCH3 is 2. The maximum Gasteiger partial charge on any atom is 0.267 e. The van der Waals surface area contributed by atoms with Crippen LogP contribution in [0.3, 0.4) is 0 Å². The van der Waals surface area contributed by atoms with Crippen molar-refractivity contribution in [3.8, 4) is 11.5 Å². The number of carbonyl (C=O) groups is 1. The first-order chi connectivity index (χ1) is 12.7. The highest BCUT2D eigenvalue weighted by Crippen LogP contribution is 2.27. The van der Waals surface area contributed by atoms with Crippen LogP contribution in [-0.2, 0) is 11.5 Å². The second-order valence-electron chi connectivity index (χ2n) is 5.29. The van der Waals surface area contributed by atoms with Gasteiger partial charge in [0.05, 0.1) is 24.8 Å². The number of anilines is 1. The van der Waals surface area contributed by atoms with E-state index in [1.165, 1.54) is 22.7 Å². The van der Waals surface area contributed by atoms with Crippen LogP contribution in [0.4, 0.5) is 5.13 Å². The molecule has 2 heterocycles. The van der Waals surface area contributed by atoms with Gasteiger partial charge in [0.15, 0.2) is 5.13 Å². The molecule has 3 rings (SSSR count). The lowest BCUT2D eigenvalue weighted by Gasteiger charge is -2.08. The Bertz CT molecular complexity index is 840. The third-order valence-electron chi connectivity index (χ3n) is 3.45. The molecule has 0 spiro atoms. The SMILES string of the molecule is COc1cc(CSCc2csc(NC(=O)c3cccs3)n2)cc(OC)c1. The van der Waals surface area contributed by atoms with Gasteiger partial charge in [-0.15, -0.1) is 22.7 Å². The number of thiophene rings is 1. The summed E-state index contributed by atoms with van der Waals surface area (Å²) in [5.74, 6) is 3.05. The van der Waals surface area contributed by atoms with Gasteiger partial charge in [0.1, 0.15) is 11.5 Å². The standard InChI is InChI=1S/C18H18N2O3S3/c1-22-14-6-12(7-15(8-14)23-2)9-24-10-13-11-26-18(19-13)20-17(21)16-4-3-5-25-16/h3-8,11H,9-10H2,1-2H3,(H,19,20,21). The molecule has 1 aromatic carbocycles. The van der Waals surface area contributed by atoms with Crippen LogP contribution in [0.25, 0.3) is 0 Å². The highest BCUT2D eigenvalue weighted by Gasteiger charge is 2.10. The van der Waals surface area contributed by atoms with Gasteiger partial charge in [0.25, 0.3) is 5.91 Å². The smallest absolute Gasteiger partial charge is 0.267 e. The van der Waals surface area contributed by atoms with Crippen LogP contribution in [-0.4, -0.2) is 25.1 Å². The molecule has 0 bridgehead atoms. The summed E-state index contributed by atoms with van der Waals surface area (Å²) in [6, 6.07) is 9.52. The third-order valence-corrected chi connectivity index (χ3v) is 6.16. The van der Waals surface area contributed by atoms with Crippen molar-refractivity contribution < 1.29 is 14.3 Å². The fraction of sp³-hybridized carbons (Fsp3) is 0.222. The Labute approximate surface area is 164 Å². The van der Waals surface area contributed by atoms with E-state index in [1.54, 1.807) is 32.0 Å². The summed E-state index contributed by atoms with van der Waals surface area (Å²) in [4.78, 5) is 17.2. The number of ether oxygens (including phenoxy) is 2. The minimum atomic E-state index is -0.114. The zero-order valence-corrected chi connectivity index (χ0v) is 16.8. The van der Waals surface area contributed by atoms with Crippen molar-refractivity contribution in [2.24, 2.45) is 0 Å². The molecule has 8 heteroatoms. The molecule has 0 unspecified atom stereocenters. The molecule has 1 N–H and O–H groups in total. The largest absolute Gasteiger partial charge is 0.497 e. The van der Waals surface area contributed by atoms with Gasteiger partial charge in [-0.05, 0) is 29.1 Å². The van der Waals surface area contributed by atoms with E-state index in [0.29, 0.717) is 10.0 Å². The summed E-state index contributed by atoms with van der Waals surface area (Å²) in [5, 5.41) is 7.32. The summed E-state index contributed by atoms with van der Waals surface area (Å²) < 4.78 is 10.6. The molecule has 0 saturated carbocycles. The van der Waals surface area contributed by atoms with Crippen LogP contribution in [0.5, 0.6) is 11.5 Å². The van der Waals surface area contributed by atoms with E-state index in [-0.39, 0.29) is 5.91 Å². The van der Waals surface area contributed by atoms with Crippen LogP contribution in [0.15, 0.2) is 41.1 Å². The van der Waals surface area contributed by atoms with Gasteiger partial charge in [-0.2, -0.15) is 11.8 Å². The molecular weight excluding hydrogens is 388 g/mol. The highest BCUT2D eigenvalue weighted by atomic mass is 32.2. The van der Waals surface area contributed by atoms with Crippen LogP contribution in [0.2, 0.25) is 0 Å². The number of benzene rings is 1. The Balaban J connectivity index is 1.53. The summed E-state index contributed by atoms with van der Waals surface area (Å²) >= 11 is 4.61. The molecule has 136 valence electrons. The molecule has 0 fully saturated rings. The Hall–Kier alpha value is -2.03. The molecule has 0 saturated heterocycles. The monoisotopic (exact) mass is 406 g/mol. The average Bonchev–Trinajstić information content (AvgIpc) is 3.33. The van der Waals surface area contributed by atoms with Gasteiger partial charge in [-0.1, -0.05) is 6.07 Å². The molecule has 5 nitrogen and oxygen atoms in total. The molecule has 0 aliphatic heterocycles. The summed E-state index contributed by atoms with van der Waals surface area (Å²) in [7, 11) is 3.29. The van der Waals surface area contributed by atoms with Crippen LogP contribution in [0.1, 0.15) is 20.9 Å². The fourth-order valence-electron chi connectivity index (χ4n) is 2.22. The van der Waals surface area contributed by atoms with Crippen molar-refractivity contribution in [2.45, 2.75) is 11.5 Å². The molecule has 0 atom stereocenters. The lowest BCUT2D eigenvalue weighted by Crippen LogP contribution is -2.09. The number of rotatable bonds is 8. The Morgan fingerprint density at radius 2 is 1.92 bits per heavy atom. The number of nitrogens with one attached hydrogen (secondary N) is 1. The maximum atomic E-state index is 12.0. The molecule has 0 radical (unpaired) electrons. The predicted molar refractivity (Wildman–Crippen MR) is 109 cm³/mol. The van der Waals surface area contributed by atoms with Gasteiger partial charge in [0, 0.05) is 23.0 Å². The van der Waals surface area contributed by atoms with Crippen molar-refractivity contribution in [3.63, 3.8) is 0 Å². The molecule has 0 aliphatic rings. The number of aromatic nitrogens is 1. The van der Waals surface area contributed by atoms with Gasteiger partial charge in [-0.3, -0.25) is 10.1 Å². The van der Waals surface area contributed by atoms with Gasteiger partial charge in [-0.25, -0.2) is 4.98 Å². The molecule has 2 aromatic heterocycles. The van der Waals surface area contributed by atoms with Crippen molar-refractivity contribution in [2.75, 3.05) is 19.5 Å². The Kier molecular flexibility index (Phi) is 6.54. The van der Waals surface area contributed by atoms with Gasteiger partial charge >= 0.3 is 0 Å². The molecule has 0 aliphatic carbocycles. The third kappa shape index (κ3) is 5.00. The molecule has 3 aromatic rings. The molecular formula is C18H18N2O3S3. The Morgan fingerprint density at radius 1 is 1.15 bits per heavy atom. The van der Waals surface area contributed by atoms with Crippen LogP contribution >= 0.6 is 34.4 Å². The zero-order valence-electron chi connectivity index (χ0n) is 14.4. The number of hydrogen-bond donors (Lipinski definition) is 1. The van der Waals surface area contributed by atoms with Gasteiger partial charge < -0.3 is 9.47 Å². The first-order valence-electron chi connectivity index (χ1n) is 7.77. The summed E-state index contributed by atoms with van der Waals surface area (Å²) in [5.41, 5.74) is 2.09. The van der Waals surface area contributed by atoms with E-state index >= 15 is 0 Å². The second kappa shape index (κ2) is 9.07. The van der Waals surface area contributed by atoms with E-state index in [2.05, 4.69) is 10.3 Å². The van der Waals surface area contributed by atoms with E-state index in [0.717, 1.165) is 34.3 Å². The molecule has 1 amide bonds. The van der Waals surface area contributed by atoms with Crippen LogP contribution < -0.4 is 14.8 Å². The first-order valence-corrected chi connectivity index (χ1v) is 10.7. The number of carbonyl (C=O) groups excluding carboxylic acids is 1. The second-order valence-corrected chi connectivity index (χ2v) is 8.08. The summed E-state index contributed by atoms with van der Waals surface area (Å²) in [6.07, 6.45) is 0. The normalized spacial score (nSPS) is 10.5.